The second-order valence-electron chi connectivity index (χ2n) is 2.84. The number of nitrogens with zero attached hydrogens (tertiary/aromatic N) is 4. The molecule has 6 heteroatoms. The lowest BCUT2D eigenvalue weighted by atomic mass is 10.4. The van der Waals surface area contributed by atoms with Gasteiger partial charge in [-0.05, 0) is 13.0 Å². The van der Waals surface area contributed by atoms with Crippen molar-refractivity contribution in [3.05, 3.63) is 12.3 Å². The van der Waals surface area contributed by atoms with Gasteiger partial charge in [0.1, 0.15) is 0 Å². The van der Waals surface area contributed by atoms with Crippen LogP contribution in [0.25, 0.3) is 11.0 Å². The van der Waals surface area contributed by atoms with Crippen LogP contribution in [-0.4, -0.2) is 20.0 Å². The fourth-order valence-corrected chi connectivity index (χ4v) is 1.19. The highest BCUT2D eigenvalue weighted by Gasteiger charge is 2.09. The summed E-state index contributed by atoms with van der Waals surface area (Å²) in [6.07, 6.45) is 1.40. The summed E-state index contributed by atoms with van der Waals surface area (Å²) in [5, 5.41) is 7.76. The van der Waals surface area contributed by atoms with E-state index in [-0.39, 0.29) is 6.17 Å². The van der Waals surface area contributed by atoms with Gasteiger partial charge >= 0.3 is 0 Å². The van der Waals surface area contributed by atoms with E-state index in [2.05, 4.69) is 15.3 Å². The molecule has 0 aliphatic carbocycles. The summed E-state index contributed by atoms with van der Waals surface area (Å²) in [6, 6.07) is 1.79. The van der Waals surface area contributed by atoms with Gasteiger partial charge in [0.05, 0.1) is 11.7 Å². The SMILES string of the molecule is CC(N)n1nnc2c(N)nccc21. The largest absolute Gasteiger partial charge is 0.382 e. The molecule has 0 aliphatic heterocycles. The number of nitrogens with two attached hydrogens (primary N) is 2. The highest BCUT2D eigenvalue weighted by molar-refractivity contribution is 5.83. The maximum Gasteiger partial charge on any atom is 0.155 e. The molecule has 2 heterocycles. The molecule has 0 saturated heterocycles. The third-order valence-corrected chi connectivity index (χ3v) is 1.80. The van der Waals surface area contributed by atoms with Gasteiger partial charge in [-0.2, -0.15) is 0 Å². The van der Waals surface area contributed by atoms with Gasteiger partial charge in [-0.1, -0.05) is 5.21 Å². The molecule has 0 bridgehead atoms. The van der Waals surface area contributed by atoms with Crippen LogP contribution in [0.15, 0.2) is 12.3 Å². The molecule has 68 valence electrons. The van der Waals surface area contributed by atoms with E-state index >= 15 is 0 Å². The van der Waals surface area contributed by atoms with Crippen molar-refractivity contribution in [2.24, 2.45) is 5.73 Å². The van der Waals surface area contributed by atoms with Crippen LogP contribution in [0.1, 0.15) is 13.1 Å². The smallest absolute Gasteiger partial charge is 0.155 e. The molecular weight excluding hydrogens is 168 g/mol. The van der Waals surface area contributed by atoms with Crippen LogP contribution in [0.5, 0.6) is 0 Å². The molecule has 4 N–H and O–H groups in total. The number of fused-ring (bicyclic) bond motifs is 1. The predicted octanol–water partition coefficient (Wildman–Crippen LogP) is -0.114. The Bertz CT molecular complexity index is 431. The van der Waals surface area contributed by atoms with Crippen molar-refractivity contribution >= 4 is 16.9 Å². The van der Waals surface area contributed by atoms with E-state index in [0.717, 1.165) is 5.52 Å². The van der Waals surface area contributed by atoms with Gasteiger partial charge in [-0.3, -0.25) is 0 Å². The number of nitrogen functional groups attached to an aromatic ring is 1. The molecule has 2 aromatic rings. The minimum absolute atomic E-state index is 0.216. The molecule has 0 saturated carbocycles. The lowest BCUT2D eigenvalue weighted by Crippen LogP contribution is -2.15. The summed E-state index contributed by atoms with van der Waals surface area (Å²) < 4.78 is 1.60. The Morgan fingerprint density at radius 1 is 1.54 bits per heavy atom. The van der Waals surface area contributed by atoms with E-state index in [1.165, 1.54) is 0 Å². The number of hydrogen-bond donors (Lipinski definition) is 2. The molecule has 0 fully saturated rings. The van der Waals surface area contributed by atoms with Crippen LogP contribution in [0.3, 0.4) is 0 Å². The molecule has 2 rings (SSSR count). The second-order valence-corrected chi connectivity index (χ2v) is 2.84. The van der Waals surface area contributed by atoms with Crippen molar-refractivity contribution in [1.29, 1.82) is 0 Å². The normalized spacial score (nSPS) is 13.4. The first-order valence-electron chi connectivity index (χ1n) is 3.91. The zero-order valence-electron chi connectivity index (χ0n) is 7.18. The summed E-state index contributed by atoms with van der Waals surface area (Å²) in [6.45, 7) is 1.82. The standard InChI is InChI=1S/C7H10N6/c1-4(8)13-5-2-3-10-7(9)6(5)11-12-13/h2-4H,8H2,1H3,(H2,9,10). The summed E-state index contributed by atoms with van der Waals surface area (Å²) in [4.78, 5) is 3.90. The Kier molecular flexibility index (Phi) is 1.63. The maximum absolute atomic E-state index is 5.67. The Hall–Kier alpha value is -1.69. The highest BCUT2D eigenvalue weighted by Crippen LogP contribution is 2.16. The van der Waals surface area contributed by atoms with E-state index in [1.54, 1.807) is 16.9 Å². The Morgan fingerprint density at radius 3 is 3.00 bits per heavy atom. The zero-order valence-corrected chi connectivity index (χ0v) is 7.18. The van der Waals surface area contributed by atoms with E-state index in [1.807, 2.05) is 6.92 Å². The molecule has 1 unspecified atom stereocenters. The monoisotopic (exact) mass is 178 g/mol. The van der Waals surface area contributed by atoms with E-state index in [9.17, 15) is 0 Å². The summed E-state index contributed by atoms with van der Waals surface area (Å²) in [5.41, 5.74) is 12.7. The van der Waals surface area contributed by atoms with Crippen LogP contribution >= 0.6 is 0 Å². The number of hydrogen-bond acceptors (Lipinski definition) is 5. The topological polar surface area (TPSA) is 95.6 Å². The lowest BCUT2D eigenvalue weighted by molar-refractivity contribution is 0.508. The van der Waals surface area contributed by atoms with Crippen LogP contribution < -0.4 is 11.5 Å². The summed E-state index contributed by atoms with van der Waals surface area (Å²) >= 11 is 0. The van der Waals surface area contributed by atoms with Crippen LogP contribution in [0.4, 0.5) is 5.82 Å². The zero-order chi connectivity index (χ0) is 9.42. The molecule has 0 radical (unpaired) electrons. The lowest BCUT2D eigenvalue weighted by Gasteiger charge is -2.04. The van der Waals surface area contributed by atoms with Gasteiger partial charge in [0.25, 0.3) is 0 Å². The molecule has 0 aromatic carbocycles. The third-order valence-electron chi connectivity index (χ3n) is 1.80. The summed E-state index contributed by atoms with van der Waals surface area (Å²) in [7, 11) is 0. The van der Waals surface area contributed by atoms with Gasteiger partial charge in [-0.15, -0.1) is 5.10 Å². The maximum atomic E-state index is 5.67. The third kappa shape index (κ3) is 1.11. The van der Waals surface area contributed by atoms with Crippen molar-refractivity contribution in [1.82, 2.24) is 20.0 Å². The molecule has 0 amide bonds. The minimum Gasteiger partial charge on any atom is -0.382 e. The average molecular weight is 178 g/mol. The molecule has 2 aromatic heterocycles. The highest BCUT2D eigenvalue weighted by atomic mass is 15.5. The van der Waals surface area contributed by atoms with Crippen molar-refractivity contribution in [2.45, 2.75) is 13.1 Å². The van der Waals surface area contributed by atoms with Crippen LogP contribution in [0, 0.1) is 0 Å². The predicted molar refractivity (Wildman–Crippen MR) is 48.6 cm³/mol. The van der Waals surface area contributed by atoms with Crippen LogP contribution in [-0.2, 0) is 0 Å². The van der Waals surface area contributed by atoms with Gasteiger partial charge in [0, 0.05) is 6.20 Å². The van der Waals surface area contributed by atoms with Gasteiger partial charge in [0.2, 0.25) is 0 Å². The first kappa shape index (κ1) is 7.93. The Morgan fingerprint density at radius 2 is 2.31 bits per heavy atom. The fraction of sp³-hybridized carbons (Fsp3) is 0.286. The van der Waals surface area contributed by atoms with Gasteiger partial charge < -0.3 is 11.5 Å². The first-order valence-corrected chi connectivity index (χ1v) is 3.91. The number of pyridine rings is 1. The van der Waals surface area contributed by atoms with Crippen molar-refractivity contribution in [2.75, 3.05) is 5.73 Å². The Labute approximate surface area is 74.5 Å². The first-order chi connectivity index (χ1) is 6.20. The van der Waals surface area contributed by atoms with Crippen LogP contribution in [0.2, 0.25) is 0 Å². The van der Waals surface area contributed by atoms with Gasteiger partial charge in [0.15, 0.2) is 11.3 Å². The summed E-state index contributed by atoms with van der Waals surface area (Å²) in [5.74, 6) is 0.379. The van der Waals surface area contributed by atoms with E-state index in [0.29, 0.717) is 11.3 Å². The Balaban J connectivity index is 2.75. The van der Waals surface area contributed by atoms with E-state index in [4.69, 9.17) is 11.5 Å². The van der Waals surface area contributed by atoms with Crippen molar-refractivity contribution < 1.29 is 0 Å². The number of rotatable bonds is 1. The molecule has 0 spiro atoms. The quantitative estimate of drug-likeness (QED) is 0.635. The fourth-order valence-electron chi connectivity index (χ4n) is 1.19. The molecule has 0 aliphatic rings. The average Bonchev–Trinajstić information content (AvgIpc) is 2.48. The van der Waals surface area contributed by atoms with Crippen molar-refractivity contribution in [3.8, 4) is 0 Å². The van der Waals surface area contributed by atoms with E-state index < -0.39 is 0 Å². The molecule has 1 atom stereocenters. The molecule has 6 nitrogen and oxygen atoms in total. The minimum atomic E-state index is -0.216. The molecular formula is C7H10N6. The van der Waals surface area contributed by atoms with Gasteiger partial charge in [-0.25, -0.2) is 9.67 Å². The molecule has 13 heavy (non-hydrogen) atoms. The number of anilines is 1. The second kappa shape index (κ2) is 2.67. The van der Waals surface area contributed by atoms with Crippen molar-refractivity contribution in [3.63, 3.8) is 0 Å². The number of aromatic nitrogens is 4.